The molecule has 12 heavy (non-hydrogen) atoms. The molecular formula is C11H17P. The lowest BCUT2D eigenvalue weighted by atomic mass is 10.2. The number of rotatable bonds is 5. The molecule has 0 bridgehead atoms. The van der Waals surface area contributed by atoms with Crippen LogP contribution < -0.4 is 0 Å². The van der Waals surface area contributed by atoms with Crippen LogP contribution >= 0.6 is 8.58 Å². The van der Waals surface area contributed by atoms with Gasteiger partial charge < -0.3 is 0 Å². The minimum atomic E-state index is 1.12. The molecule has 0 fully saturated rings. The molecule has 1 unspecified atom stereocenters. The first-order chi connectivity index (χ1) is 5.93. The first kappa shape index (κ1) is 9.74. The third kappa shape index (κ3) is 3.88. The lowest BCUT2D eigenvalue weighted by Gasteiger charge is -1.99. The van der Waals surface area contributed by atoms with Gasteiger partial charge in [0.25, 0.3) is 0 Å². The van der Waals surface area contributed by atoms with Crippen molar-refractivity contribution < 1.29 is 0 Å². The van der Waals surface area contributed by atoms with Crippen molar-refractivity contribution in [1.29, 1.82) is 0 Å². The van der Waals surface area contributed by atoms with Crippen LogP contribution in [0, 0.1) is 0 Å². The molecule has 1 rings (SSSR count). The zero-order chi connectivity index (χ0) is 8.65. The highest BCUT2D eigenvalue weighted by Crippen LogP contribution is 2.19. The Labute approximate surface area is 77.2 Å². The SMILES string of the molecule is CCCCPCc1ccccc1. The summed E-state index contributed by atoms with van der Waals surface area (Å²) in [6.45, 7) is 2.26. The highest BCUT2D eigenvalue weighted by molar-refractivity contribution is 7.37. The second kappa shape index (κ2) is 6.20. The Bertz CT molecular complexity index is 193. The van der Waals surface area contributed by atoms with E-state index in [0.29, 0.717) is 0 Å². The lowest BCUT2D eigenvalue weighted by Crippen LogP contribution is -1.79. The quantitative estimate of drug-likeness (QED) is 0.479. The second-order valence-electron chi connectivity index (χ2n) is 3.02. The highest BCUT2D eigenvalue weighted by Gasteiger charge is 1.90. The largest absolute Gasteiger partial charge is 0.118 e. The molecule has 0 aliphatic carbocycles. The smallest absolute Gasteiger partial charge is 0.0101 e. The summed E-state index contributed by atoms with van der Waals surface area (Å²) in [6.07, 6.45) is 5.42. The van der Waals surface area contributed by atoms with Gasteiger partial charge in [-0.05, 0) is 24.3 Å². The van der Waals surface area contributed by atoms with Gasteiger partial charge in [0.2, 0.25) is 0 Å². The Hall–Kier alpha value is -0.350. The first-order valence-electron chi connectivity index (χ1n) is 4.68. The van der Waals surface area contributed by atoms with Crippen LogP contribution in [0.25, 0.3) is 0 Å². The van der Waals surface area contributed by atoms with E-state index in [2.05, 4.69) is 37.3 Å². The molecule has 0 aliphatic heterocycles. The highest BCUT2D eigenvalue weighted by atomic mass is 31.1. The Morgan fingerprint density at radius 3 is 2.58 bits per heavy atom. The Kier molecular flexibility index (Phi) is 5.03. The molecule has 0 N–H and O–H groups in total. The molecule has 0 radical (unpaired) electrons. The summed E-state index contributed by atoms with van der Waals surface area (Å²) >= 11 is 0. The average Bonchev–Trinajstić information content (AvgIpc) is 2.14. The zero-order valence-electron chi connectivity index (χ0n) is 7.72. The van der Waals surface area contributed by atoms with E-state index >= 15 is 0 Å². The predicted molar refractivity (Wildman–Crippen MR) is 58.2 cm³/mol. The van der Waals surface area contributed by atoms with Gasteiger partial charge >= 0.3 is 0 Å². The van der Waals surface area contributed by atoms with Crippen LogP contribution in [0.4, 0.5) is 0 Å². The van der Waals surface area contributed by atoms with E-state index in [0.717, 1.165) is 8.58 Å². The maximum atomic E-state index is 2.26. The Morgan fingerprint density at radius 1 is 1.17 bits per heavy atom. The van der Waals surface area contributed by atoms with Gasteiger partial charge in [-0.25, -0.2) is 0 Å². The van der Waals surface area contributed by atoms with Crippen LogP contribution in [-0.4, -0.2) is 6.16 Å². The van der Waals surface area contributed by atoms with Crippen LogP contribution in [0.1, 0.15) is 25.3 Å². The third-order valence-electron chi connectivity index (χ3n) is 1.88. The third-order valence-corrected chi connectivity index (χ3v) is 3.24. The average molecular weight is 180 g/mol. The minimum Gasteiger partial charge on any atom is -0.118 e. The van der Waals surface area contributed by atoms with Crippen LogP contribution in [0.2, 0.25) is 0 Å². The molecule has 0 amide bonds. The molecule has 1 aromatic rings. The van der Waals surface area contributed by atoms with Gasteiger partial charge in [-0.1, -0.05) is 43.7 Å². The monoisotopic (exact) mass is 180 g/mol. The van der Waals surface area contributed by atoms with Crippen molar-refractivity contribution in [2.45, 2.75) is 25.9 Å². The van der Waals surface area contributed by atoms with Gasteiger partial charge in [-0.2, -0.15) is 0 Å². The summed E-state index contributed by atoms with van der Waals surface area (Å²) in [7, 11) is 1.12. The number of hydrogen-bond acceptors (Lipinski definition) is 0. The maximum absolute atomic E-state index is 2.26. The first-order valence-corrected chi connectivity index (χ1v) is 6.09. The van der Waals surface area contributed by atoms with Crippen molar-refractivity contribution in [1.82, 2.24) is 0 Å². The molecule has 1 aromatic carbocycles. The molecule has 0 saturated heterocycles. The Balaban J connectivity index is 2.16. The van der Waals surface area contributed by atoms with E-state index in [1.165, 1.54) is 30.7 Å². The number of hydrogen-bond donors (Lipinski definition) is 0. The van der Waals surface area contributed by atoms with E-state index in [1.807, 2.05) is 0 Å². The van der Waals surface area contributed by atoms with Crippen LogP contribution in [-0.2, 0) is 6.16 Å². The number of unbranched alkanes of at least 4 members (excludes halogenated alkanes) is 1. The zero-order valence-corrected chi connectivity index (χ0v) is 8.72. The van der Waals surface area contributed by atoms with Crippen LogP contribution in [0.15, 0.2) is 30.3 Å². The van der Waals surface area contributed by atoms with Gasteiger partial charge in [0.1, 0.15) is 0 Å². The summed E-state index contributed by atoms with van der Waals surface area (Å²) in [6, 6.07) is 10.8. The normalized spacial score (nSPS) is 11.1. The van der Waals surface area contributed by atoms with Crippen LogP contribution in [0.3, 0.4) is 0 Å². The van der Waals surface area contributed by atoms with E-state index in [9.17, 15) is 0 Å². The van der Waals surface area contributed by atoms with Crippen molar-refractivity contribution in [2.75, 3.05) is 6.16 Å². The summed E-state index contributed by atoms with van der Waals surface area (Å²) in [5, 5.41) is 0. The van der Waals surface area contributed by atoms with E-state index < -0.39 is 0 Å². The molecule has 0 heterocycles. The second-order valence-corrected chi connectivity index (χ2v) is 4.37. The van der Waals surface area contributed by atoms with Gasteiger partial charge in [-0.15, -0.1) is 8.58 Å². The lowest BCUT2D eigenvalue weighted by molar-refractivity contribution is 0.893. The van der Waals surface area contributed by atoms with E-state index in [-0.39, 0.29) is 0 Å². The minimum absolute atomic E-state index is 1.12. The van der Waals surface area contributed by atoms with Crippen molar-refractivity contribution in [3.8, 4) is 0 Å². The summed E-state index contributed by atoms with van der Waals surface area (Å²) in [5.74, 6) is 0. The summed E-state index contributed by atoms with van der Waals surface area (Å²) < 4.78 is 0. The van der Waals surface area contributed by atoms with E-state index in [4.69, 9.17) is 0 Å². The molecule has 1 heteroatoms. The fourth-order valence-electron chi connectivity index (χ4n) is 1.13. The van der Waals surface area contributed by atoms with E-state index in [1.54, 1.807) is 0 Å². The predicted octanol–water partition coefficient (Wildman–Crippen LogP) is 3.67. The maximum Gasteiger partial charge on any atom is -0.0101 e. The topological polar surface area (TPSA) is 0 Å². The molecule has 0 nitrogen and oxygen atoms in total. The fourth-order valence-corrected chi connectivity index (χ4v) is 2.44. The molecule has 0 spiro atoms. The molecule has 0 aromatic heterocycles. The molecule has 0 aliphatic rings. The van der Waals surface area contributed by atoms with Crippen molar-refractivity contribution in [2.24, 2.45) is 0 Å². The van der Waals surface area contributed by atoms with Crippen molar-refractivity contribution in [3.63, 3.8) is 0 Å². The van der Waals surface area contributed by atoms with Crippen LogP contribution in [0.5, 0.6) is 0 Å². The molecule has 1 atom stereocenters. The molecule has 66 valence electrons. The number of benzene rings is 1. The van der Waals surface area contributed by atoms with Gasteiger partial charge in [0.05, 0.1) is 0 Å². The van der Waals surface area contributed by atoms with Crippen molar-refractivity contribution >= 4 is 8.58 Å². The standard InChI is InChI=1S/C11H17P/c1-2-3-9-12-10-11-7-5-4-6-8-11/h4-8,12H,2-3,9-10H2,1H3. The van der Waals surface area contributed by atoms with Gasteiger partial charge in [0.15, 0.2) is 0 Å². The fraction of sp³-hybridized carbons (Fsp3) is 0.455. The Morgan fingerprint density at radius 2 is 1.92 bits per heavy atom. The van der Waals surface area contributed by atoms with Gasteiger partial charge in [-0.3, -0.25) is 0 Å². The van der Waals surface area contributed by atoms with Gasteiger partial charge in [0, 0.05) is 0 Å². The molecular weight excluding hydrogens is 163 g/mol. The van der Waals surface area contributed by atoms with Crippen molar-refractivity contribution in [3.05, 3.63) is 35.9 Å². The molecule has 0 saturated carbocycles. The summed E-state index contributed by atoms with van der Waals surface area (Å²) in [4.78, 5) is 0. The summed E-state index contributed by atoms with van der Waals surface area (Å²) in [5.41, 5.74) is 1.49.